The van der Waals surface area contributed by atoms with Gasteiger partial charge in [0, 0.05) is 16.6 Å². The Hall–Kier alpha value is -1.66. The quantitative estimate of drug-likeness (QED) is 0.929. The van der Waals surface area contributed by atoms with Gasteiger partial charge in [0.25, 0.3) is 0 Å². The normalized spacial score (nSPS) is 22.7. The molecule has 1 aromatic carbocycles. The first-order valence-electron chi connectivity index (χ1n) is 6.43. The van der Waals surface area contributed by atoms with Crippen molar-refractivity contribution < 1.29 is 23.8 Å². The molecule has 5 nitrogen and oxygen atoms in total. The molecule has 0 saturated carbocycles. The molecule has 2 unspecified atom stereocenters. The van der Waals surface area contributed by atoms with Crippen molar-refractivity contribution in [3.8, 4) is 0 Å². The van der Waals surface area contributed by atoms with Crippen molar-refractivity contribution in [1.82, 2.24) is 4.90 Å². The second kappa shape index (κ2) is 5.99. The third-order valence-electron chi connectivity index (χ3n) is 3.34. The fourth-order valence-electron chi connectivity index (χ4n) is 2.50. The van der Waals surface area contributed by atoms with Gasteiger partial charge in [0.15, 0.2) is 6.10 Å². The molecule has 114 valence electrons. The minimum Gasteiger partial charge on any atom is -0.479 e. The standard InChI is InChI=1S/C14H15ClFNO4/c1-7(2)17-11(18)6-21-13(14(19)20)12(17)9-5-8(15)3-4-10(9)16/h3-5,7,12-13H,6H2,1-2H3,(H,19,20). The number of hydrogen-bond acceptors (Lipinski definition) is 3. The van der Waals surface area contributed by atoms with Gasteiger partial charge in [0.05, 0.1) is 6.04 Å². The molecule has 7 heteroatoms. The molecule has 1 aromatic rings. The van der Waals surface area contributed by atoms with E-state index in [-0.39, 0.29) is 29.1 Å². The van der Waals surface area contributed by atoms with Crippen molar-refractivity contribution in [2.75, 3.05) is 6.61 Å². The summed E-state index contributed by atoms with van der Waals surface area (Å²) in [5.74, 6) is -2.26. The maximum atomic E-state index is 14.1. The number of nitrogens with zero attached hydrogens (tertiary/aromatic N) is 1. The lowest BCUT2D eigenvalue weighted by Crippen LogP contribution is -2.54. The van der Waals surface area contributed by atoms with Crippen LogP contribution in [0.3, 0.4) is 0 Å². The second-order valence-electron chi connectivity index (χ2n) is 5.08. The lowest BCUT2D eigenvalue weighted by Gasteiger charge is -2.42. The first-order valence-corrected chi connectivity index (χ1v) is 6.81. The molecule has 1 saturated heterocycles. The maximum absolute atomic E-state index is 14.1. The van der Waals surface area contributed by atoms with Crippen LogP contribution in [0.25, 0.3) is 0 Å². The van der Waals surface area contributed by atoms with Crippen LogP contribution in [0.2, 0.25) is 5.02 Å². The molecule has 2 atom stereocenters. The largest absolute Gasteiger partial charge is 0.479 e. The molecule has 2 rings (SSSR count). The third kappa shape index (κ3) is 3.01. The number of halogens is 2. The lowest BCUT2D eigenvalue weighted by atomic mass is 9.96. The van der Waals surface area contributed by atoms with Crippen LogP contribution in [0.15, 0.2) is 18.2 Å². The minimum absolute atomic E-state index is 0.0386. The molecule has 1 fully saturated rings. The number of aliphatic carboxylic acids is 1. The van der Waals surface area contributed by atoms with Crippen LogP contribution >= 0.6 is 11.6 Å². The number of carbonyl (C=O) groups excluding carboxylic acids is 1. The number of carboxylic acid groups (broad SMARTS) is 1. The van der Waals surface area contributed by atoms with Crippen molar-refractivity contribution in [1.29, 1.82) is 0 Å². The number of amides is 1. The van der Waals surface area contributed by atoms with Gasteiger partial charge in [-0.15, -0.1) is 0 Å². The molecular weight excluding hydrogens is 301 g/mol. The fraction of sp³-hybridized carbons (Fsp3) is 0.429. The van der Waals surface area contributed by atoms with Crippen molar-refractivity contribution in [2.24, 2.45) is 0 Å². The highest BCUT2D eigenvalue weighted by Crippen LogP contribution is 2.34. The van der Waals surface area contributed by atoms with Crippen LogP contribution in [-0.2, 0) is 14.3 Å². The zero-order valence-corrected chi connectivity index (χ0v) is 12.3. The third-order valence-corrected chi connectivity index (χ3v) is 3.57. The summed E-state index contributed by atoms with van der Waals surface area (Å²) in [6.07, 6.45) is -1.34. The molecule has 1 aliphatic heterocycles. The number of carbonyl (C=O) groups is 2. The summed E-state index contributed by atoms with van der Waals surface area (Å²) in [5.41, 5.74) is 0.0386. The Kier molecular flexibility index (Phi) is 4.49. The van der Waals surface area contributed by atoms with Gasteiger partial charge in [-0.1, -0.05) is 11.6 Å². The molecule has 0 aromatic heterocycles. The van der Waals surface area contributed by atoms with E-state index in [0.29, 0.717) is 0 Å². The average molecular weight is 316 g/mol. The molecular formula is C14H15ClFNO4. The van der Waals surface area contributed by atoms with Gasteiger partial charge in [-0.05, 0) is 32.0 Å². The van der Waals surface area contributed by atoms with E-state index >= 15 is 0 Å². The number of rotatable bonds is 3. The molecule has 1 aliphatic rings. The van der Waals surface area contributed by atoms with Crippen LogP contribution in [0.4, 0.5) is 4.39 Å². The number of morpholine rings is 1. The number of hydrogen-bond donors (Lipinski definition) is 1. The summed E-state index contributed by atoms with van der Waals surface area (Å²) in [7, 11) is 0. The Morgan fingerprint density at radius 3 is 2.76 bits per heavy atom. The molecule has 0 radical (unpaired) electrons. The summed E-state index contributed by atoms with van der Waals surface area (Å²) in [4.78, 5) is 24.8. The molecule has 1 amide bonds. The Balaban J connectivity index is 2.56. The van der Waals surface area contributed by atoms with E-state index in [1.807, 2.05) is 0 Å². The van der Waals surface area contributed by atoms with Crippen LogP contribution in [0.1, 0.15) is 25.5 Å². The summed E-state index contributed by atoms with van der Waals surface area (Å²) in [5, 5.41) is 9.56. The maximum Gasteiger partial charge on any atom is 0.335 e. The predicted molar refractivity (Wildman–Crippen MR) is 73.5 cm³/mol. The highest BCUT2D eigenvalue weighted by Gasteiger charge is 2.44. The topological polar surface area (TPSA) is 66.8 Å². The van der Waals surface area contributed by atoms with Gasteiger partial charge in [-0.25, -0.2) is 9.18 Å². The van der Waals surface area contributed by atoms with Crippen molar-refractivity contribution in [2.45, 2.75) is 32.0 Å². The lowest BCUT2D eigenvalue weighted by molar-refractivity contribution is -0.175. The van der Waals surface area contributed by atoms with E-state index in [2.05, 4.69) is 0 Å². The van der Waals surface area contributed by atoms with Gasteiger partial charge >= 0.3 is 5.97 Å². The van der Waals surface area contributed by atoms with Crippen LogP contribution < -0.4 is 0 Å². The number of benzene rings is 1. The molecule has 1 N–H and O–H groups in total. The summed E-state index contributed by atoms with van der Waals surface area (Å²) < 4.78 is 19.2. The van der Waals surface area contributed by atoms with Crippen LogP contribution in [-0.4, -0.2) is 40.6 Å². The van der Waals surface area contributed by atoms with E-state index in [1.165, 1.54) is 17.0 Å². The molecule has 0 aliphatic carbocycles. The molecule has 0 spiro atoms. The van der Waals surface area contributed by atoms with Gasteiger partial charge < -0.3 is 14.7 Å². The number of ether oxygens (including phenoxy) is 1. The van der Waals surface area contributed by atoms with E-state index in [1.54, 1.807) is 13.8 Å². The zero-order chi connectivity index (χ0) is 15.7. The van der Waals surface area contributed by atoms with E-state index in [0.717, 1.165) is 6.07 Å². The SMILES string of the molecule is CC(C)N1C(=O)COC(C(=O)O)C1c1cc(Cl)ccc1F. The first-order chi connectivity index (χ1) is 9.82. The monoisotopic (exact) mass is 315 g/mol. The van der Waals surface area contributed by atoms with Crippen LogP contribution in [0.5, 0.6) is 0 Å². The fourth-order valence-corrected chi connectivity index (χ4v) is 2.68. The van der Waals surface area contributed by atoms with Crippen molar-refractivity contribution in [3.63, 3.8) is 0 Å². The second-order valence-corrected chi connectivity index (χ2v) is 5.51. The Morgan fingerprint density at radius 2 is 2.19 bits per heavy atom. The number of carboxylic acids is 1. The molecule has 1 heterocycles. The first kappa shape index (κ1) is 15.7. The summed E-state index contributed by atoms with van der Waals surface area (Å²) in [6, 6.07) is 2.48. The van der Waals surface area contributed by atoms with Crippen LogP contribution in [0, 0.1) is 5.82 Å². The summed E-state index contributed by atoms with van der Waals surface area (Å²) in [6.45, 7) is 3.13. The Bertz CT molecular complexity index is 578. The van der Waals surface area contributed by atoms with Crippen molar-refractivity contribution in [3.05, 3.63) is 34.6 Å². The van der Waals surface area contributed by atoms with Gasteiger partial charge in [-0.3, -0.25) is 4.79 Å². The Morgan fingerprint density at radius 1 is 1.52 bits per heavy atom. The van der Waals surface area contributed by atoms with Gasteiger partial charge in [-0.2, -0.15) is 0 Å². The van der Waals surface area contributed by atoms with Gasteiger partial charge in [0.2, 0.25) is 5.91 Å². The highest BCUT2D eigenvalue weighted by atomic mass is 35.5. The highest BCUT2D eigenvalue weighted by molar-refractivity contribution is 6.30. The summed E-state index contributed by atoms with van der Waals surface area (Å²) >= 11 is 5.87. The smallest absolute Gasteiger partial charge is 0.335 e. The predicted octanol–water partition coefficient (Wildman–Crippen LogP) is 2.24. The minimum atomic E-state index is -1.34. The van der Waals surface area contributed by atoms with E-state index in [9.17, 15) is 19.1 Å². The van der Waals surface area contributed by atoms with E-state index < -0.39 is 23.9 Å². The molecule has 0 bridgehead atoms. The zero-order valence-electron chi connectivity index (χ0n) is 11.5. The van der Waals surface area contributed by atoms with Crippen molar-refractivity contribution >= 4 is 23.5 Å². The average Bonchev–Trinajstić information content (AvgIpc) is 2.40. The Labute approximate surface area is 126 Å². The van der Waals surface area contributed by atoms with Gasteiger partial charge in [0.1, 0.15) is 12.4 Å². The molecule has 21 heavy (non-hydrogen) atoms. The van der Waals surface area contributed by atoms with E-state index in [4.69, 9.17) is 16.3 Å².